The maximum absolute atomic E-state index is 13.5. The lowest BCUT2D eigenvalue weighted by Gasteiger charge is -2.30. The third-order valence-corrected chi connectivity index (χ3v) is 6.58. The van der Waals surface area contributed by atoms with Crippen LogP contribution in [-0.4, -0.2) is 27.2 Å². The molecule has 1 saturated carbocycles. The van der Waals surface area contributed by atoms with Crippen molar-refractivity contribution in [1.29, 1.82) is 0 Å². The number of aryl methyl sites for hydroxylation is 1. The van der Waals surface area contributed by atoms with E-state index in [0.29, 0.717) is 13.1 Å². The molecule has 3 aromatic rings. The topological polar surface area (TPSA) is 87.1 Å². The molecular weight excluding hydrogens is 442 g/mol. The number of hydrogen-bond acceptors (Lipinski definition) is 4. The minimum atomic E-state index is -1.48. The summed E-state index contributed by atoms with van der Waals surface area (Å²) >= 11 is 0. The minimum absolute atomic E-state index is 0.0955. The zero-order chi connectivity index (χ0) is 24.8. The van der Waals surface area contributed by atoms with Gasteiger partial charge in [-0.05, 0) is 54.2 Å². The number of phenols is 1. The van der Waals surface area contributed by atoms with Gasteiger partial charge in [0.1, 0.15) is 0 Å². The number of amides is 1. The van der Waals surface area contributed by atoms with Crippen LogP contribution in [0.4, 0.5) is 4.79 Å². The van der Waals surface area contributed by atoms with E-state index in [1.54, 1.807) is 6.07 Å². The van der Waals surface area contributed by atoms with Gasteiger partial charge in [-0.2, -0.15) is 0 Å². The fourth-order valence-corrected chi connectivity index (χ4v) is 4.63. The van der Waals surface area contributed by atoms with Gasteiger partial charge in [-0.1, -0.05) is 79.4 Å². The lowest BCUT2D eigenvalue weighted by atomic mass is 9.88. The Morgan fingerprint density at radius 3 is 2.03 bits per heavy atom. The quantitative estimate of drug-likeness (QED) is 0.301. The van der Waals surface area contributed by atoms with E-state index in [4.69, 9.17) is 5.11 Å². The largest absolute Gasteiger partial charge is 0.511 e. The summed E-state index contributed by atoms with van der Waals surface area (Å²) in [7, 11) is 0. The second-order valence-electron chi connectivity index (χ2n) is 9.26. The van der Waals surface area contributed by atoms with Gasteiger partial charge >= 0.3 is 6.16 Å². The Balaban J connectivity index is 1.53. The minimum Gasteiger partial charge on any atom is -0.504 e. The molecule has 3 aromatic carbocycles. The van der Waals surface area contributed by atoms with Crippen molar-refractivity contribution in [2.24, 2.45) is 5.92 Å². The van der Waals surface area contributed by atoms with Gasteiger partial charge in [0.25, 0.3) is 0 Å². The summed E-state index contributed by atoms with van der Waals surface area (Å²) in [5, 5.41) is 18.7. The van der Waals surface area contributed by atoms with Crippen molar-refractivity contribution in [3.63, 3.8) is 0 Å². The average molecular weight is 474 g/mol. The molecule has 0 unspecified atom stereocenters. The third kappa shape index (κ3) is 6.41. The number of carbonyl (C=O) groups excluding carboxylic acids is 1. The number of aromatic hydroxyl groups is 1. The molecule has 0 bridgehead atoms. The van der Waals surface area contributed by atoms with E-state index in [1.807, 2.05) is 29.2 Å². The molecule has 1 aliphatic rings. The molecule has 4 rings (SSSR count). The second-order valence-corrected chi connectivity index (χ2v) is 9.26. The Labute approximate surface area is 205 Å². The Kier molecular flexibility index (Phi) is 7.70. The monoisotopic (exact) mass is 473 g/mol. The summed E-state index contributed by atoms with van der Waals surface area (Å²) in [5.74, 6) is -0.0244. The lowest BCUT2D eigenvalue weighted by Crippen LogP contribution is -2.36. The number of phenolic OH excluding ortho intramolecular Hbond substituents is 1. The van der Waals surface area contributed by atoms with E-state index in [2.05, 4.69) is 35.9 Å². The van der Waals surface area contributed by atoms with Crippen molar-refractivity contribution in [3.8, 4) is 22.6 Å². The highest BCUT2D eigenvalue weighted by Gasteiger charge is 2.26. The van der Waals surface area contributed by atoms with E-state index >= 15 is 0 Å². The van der Waals surface area contributed by atoms with Crippen molar-refractivity contribution in [2.75, 3.05) is 0 Å². The van der Waals surface area contributed by atoms with Crippen molar-refractivity contribution >= 4 is 12.1 Å². The zero-order valence-corrected chi connectivity index (χ0v) is 19.9. The molecule has 0 radical (unpaired) electrons. The van der Waals surface area contributed by atoms with E-state index in [9.17, 15) is 14.7 Å². The van der Waals surface area contributed by atoms with Crippen LogP contribution in [0, 0.1) is 12.8 Å². The summed E-state index contributed by atoms with van der Waals surface area (Å²) in [6, 6.07) is 20.8. The van der Waals surface area contributed by atoms with Crippen molar-refractivity contribution in [3.05, 3.63) is 83.4 Å². The number of nitrogens with zero attached hydrogens (tertiary/aromatic N) is 1. The molecule has 1 fully saturated rings. The van der Waals surface area contributed by atoms with Gasteiger partial charge in [-0.3, -0.25) is 4.79 Å². The van der Waals surface area contributed by atoms with Crippen molar-refractivity contribution in [1.82, 2.24) is 4.90 Å². The molecule has 0 saturated heterocycles. The highest BCUT2D eigenvalue weighted by Crippen LogP contribution is 2.32. The van der Waals surface area contributed by atoms with Crippen LogP contribution in [0.1, 0.15) is 48.8 Å². The van der Waals surface area contributed by atoms with Crippen molar-refractivity contribution in [2.45, 2.75) is 52.1 Å². The maximum atomic E-state index is 13.5. The predicted octanol–water partition coefficient (Wildman–Crippen LogP) is 6.53. The van der Waals surface area contributed by atoms with Crippen LogP contribution in [0.2, 0.25) is 0 Å². The smallest absolute Gasteiger partial charge is 0.504 e. The third-order valence-electron chi connectivity index (χ3n) is 6.58. The highest BCUT2D eigenvalue weighted by atomic mass is 16.7. The van der Waals surface area contributed by atoms with Gasteiger partial charge in [-0.25, -0.2) is 4.79 Å². The first-order valence-electron chi connectivity index (χ1n) is 12.1. The van der Waals surface area contributed by atoms with E-state index in [1.165, 1.54) is 24.1 Å². The molecule has 0 aromatic heterocycles. The van der Waals surface area contributed by atoms with E-state index < -0.39 is 6.16 Å². The summed E-state index contributed by atoms with van der Waals surface area (Å²) in [5.41, 5.74) is 4.91. The molecule has 6 heteroatoms. The molecule has 6 nitrogen and oxygen atoms in total. The Bertz CT molecular complexity index is 1160. The first-order chi connectivity index (χ1) is 16.9. The van der Waals surface area contributed by atoms with Gasteiger partial charge in [0, 0.05) is 19.0 Å². The van der Waals surface area contributed by atoms with Gasteiger partial charge in [0.2, 0.25) is 5.91 Å². The summed E-state index contributed by atoms with van der Waals surface area (Å²) < 4.78 is 4.65. The zero-order valence-electron chi connectivity index (χ0n) is 19.9. The number of benzene rings is 3. The highest BCUT2D eigenvalue weighted by molar-refractivity contribution is 5.79. The summed E-state index contributed by atoms with van der Waals surface area (Å²) in [4.78, 5) is 26.3. The van der Waals surface area contributed by atoms with Crippen LogP contribution in [0.5, 0.6) is 11.5 Å². The van der Waals surface area contributed by atoms with Crippen LogP contribution >= 0.6 is 0 Å². The number of ether oxygens (including phenoxy) is 1. The Hall–Kier alpha value is -3.80. The van der Waals surface area contributed by atoms with E-state index in [0.717, 1.165) is 47.9 Å². The Morgan fingerprint density at radius 2 is 1.43 bits per heavy atom. The SMILES string of the molecule is Cc1ccc(CN(Cc2ccc(-c3ccc(O)c(OC(=O)O)c3)cc2)C(=O)C2CCCCC2)cc1. The van der Waals surface area contributed by atoms with Crippen molar-refractivity contribution < 1.29 is 24.5 Å². The standard InChI is InChI=1S/C29H31NO5/c1-20-7-9-21(10-8-20)18-30(28(32)24-5-3-2-4-6-24)19-22-11-13-23(14-12-22)25-15-16-26(31)27(17-25)35-29(33)34/h7-17,24,31H,2-6,18-19H2,1H3,(H,33,34). The van der Waals surface area contributed by atoms with Crippen LogP contribution in [-0.2, 0) is 17.9 Å². The lowest BCUT2D eigenvalue weighted by molar-refractivity contribution is -0.137. The van der Waals surface area contributed by atoms with Crippen LogP contribution in [0.3, 0.4) is 0 Å². The van der Waals surface area contributed by atoms with Gasteiger partial charge in [0.05, 0.1) is 0 Å². The van der Waals surface area contributed by atoms with E-state index in [-0.39, 0.29) is 23.3 Å². The predicted molar refractivity (Wildman–Crippen MR) is 134 cm³/mol. The molecule has 1 aliphatic carbocycles. The van der Waals surface area contributed by atoms with Crippen LogP contribution < -0.4 is 4.74 Å². The van der Waals surface area contributed by atoms with Gasteiger partial charge in [-0.15, -0.1) is 0 Å². The van der Waals surface area contributed by atoms with Crippen LogP contribution in [0.25, 0.3) is 11.1 Å². The molecule has 35 heavy (non-hydrogen) atoms. The fourth-order valence-electron chi connectivity index (χ4n) is 4.63. The first kappa shape index (κ1) is 24.3. The van der Waals surface area contributed by atoms with Gasteiger partial charge < -0.3 is 19.8 Å². The molecule has 0 atom stereocenters. The summed E-state index contributed by atoms with van der Waals surface area (Å²) in [6.45, 7) is 3.15. The molecule has 0 spiro atoms. The summed E-state index contributed by atoms with van der Waals surface area (Å²) in [6.07, 6.45) is 3.88. The molecule has 0 heterocycles. The van der Waals surface area contributed by atoms with Gasteiger partial charge in [0.15, 0.2) is 11.5 Å². The average Bonchev–Trinajstić information content (AvgIpc) is 2.86. The Morgan fingerprint density at radius 1 is 0.857 bits per heavy atom. The second kappa shape index (κ2) is 11.1. The number of carbonyl (C=O) groups is 2. The normalized spacial score (nSPS) is 13.9. The maximum Gasteiger partial charge on any atom is 0.511 e. The molecule has 0 aliphatic heterocycles. The molecule has 2 N–H and O–H groups in total. The molecule has 1 amide bonds. The molecule has 182 valence electrons. The number of hydrogen-bond donors (Lipinski definition) is 2. The fraction of sp³-hybridized carbons (Fsp3) is 0.310. The van der Waals surface area contributed by atoms with Crippen LogP contribution in [0.15, 0.2) is 66.7 Å². The first-order valence-corrected chi connectivity index (χ1v) is 12.1. The number of rotatable bonds is 7. The number of carboxylic acid groups (broad SMARTS) is 1. The molecular formula is C29H31NO5.